The number of carbonyl (C=O) groups excluding carboxylic acids is 1. The van der Waals surface area contributed by atoms with Crippen molar-refractivity contribution >= 4 is 33.4 Å². The van der Waals surface area contributed by atoms with Gasteiger partial charge in [-0.2, -0.15) is 4.31 Å². The summed E-state index contributed by atoms with van der Waals surface area (Å²) in [7, 11) is -1.93. The lowest BCUT2D eigenvalue weighted by atomic mass is 10.3. The molecular weight excluding hydrogens is 424 g/mol. The second kappa shape index (κ2) is 10.9. The first-order chi connectivity index (χ1) is 14.2. The molecule has 0 aliphatic rings. The smallest absolute Gasteiger partial charge is 0.243 e. The van der Waals surface area contributed by atoms with E-state index in [4.69, 9.17) is 4.74 Å². The average Bonchev–Trinajstić information content (AvgIpc) is 2.99. The van der Waals surface area contributed by atoms with Crippen molar-refractivity contribution in [3.8, 4) is 0 Å². The lowest BCUT2D eigenvalue weighted by Crippen LogP contribution is -2.30. The fourth-order valence-corrected chi connectivity index (χ4v) is 5.38. The normalized spacial score (nSPS) is 11.8. The predicted molar refractivity (Wildman–Crippen MR) is 119 cm³/mol. The summed E-state index contributed by atoms with van der Waals surface area (Å²) in [6, 6.07) is 6.33. The Kier molecular flexibility index (Phi) is 8.90. The Hall–Kier alpha value is -1.88. The van der Waals surface area contributed by atoms with Crippen LogP contribution in [0.25, 0.3) is 0 Å². The minimum absolute atomic E-state index is 0.163. The number of nitrogens with zero attached hydrogens (tertiary/aromatic N) is 3. The second-order valence-corrected chi connectivity index (χ2v) is 9.54. The Morgan fingerprint density at radius 1 is 1.27 bits per heavy atom. The number of hydrogen-bond donors (Lipinski definition) is 1. The largest absolute Gasteiger partial charge is 0.383 e. The molecule has 10 heteroatoms. The fourth-order valence-electron chi connectivity index (χ4n) is 2.95. The number of aryl methyl sites for hydroxylation is 1. The highest BCUT2D eigenvalue weighted by Gasteiger charge is 2.22. The van der Waals surface area contributed by atoms with Crippen molar-refractivity contribution in [1.82, 2.24) is 13.9 Å². The third kappa shape index (κ3) is 5.84. The molecule has 0 bridgehead atoms. The predicted octanol–water partition coefficient (Wildman–Crippen LogP) is 2.91. The number of amides is 1. The van der Waals surface area contributed by atoms with Gasteiger partial charge in [0.05, 0.1) is 22.9 Å². The van der Waals surface area contributed by atoms with Gasteiger partial charge in [-0.25, -0.2) is 13.4 Å². The molecule has 2 aromatic rings. The van der Waals surface area contributed by atoms with Crippen LogP contribution in [0.5, 0.6) is 0 Å². The van der Waals surface area contributed by atoms with Crippen LogP contribution in [0.3, 0.4) is 0 Å². The van der Waals surface area contributed by atoms with E-state index in [0.29, 0.717) is 31.9 Å². The Morgan fingerprint density at radius 2 is 1.97 bits per heavy atom. The molecule has 0 saturated heterocycles. The third-order valence-electron chi connectivity index (χ3n) is 4.74. The molecule has 1 heterocycles. The topological polar surface area (TPSA) is 93.5 Å². The summed E-state index contributed by atoms with van der Waals surface area (Å²) in [6.07, 6.45) is 0. The highest BCUT2D eigenvalue weighted by Crippen LogP contribution is 2.23. The number of sulfonamides is 1. The number of ether oxygens (including phenoxy) is 1. The van der Waals surface area contributed by atoms with E-state index in [1.165, 1.54) is 28.2 Å². The van der Waals surface area contributed by atoms with Gasteiger partial charge in [0.1, 0.15) is 0 Å². The Bertz CT molecular complexity index is 969. The first-order valence-corrected chi connectivity index (χ1v) is 12.2. The van der Waals surface area contributed by atoms with Crippen molar-refractivity contribution in [3.05, 3.63) is 35.7 Å². The summed E-state index contributed by atoms with van der Waals surface area (Å²) in [5, 5.41) is 3.54. The van der Waals surface area contributed by atoms with Crippen LogP contribution >= 0.6 is 11.8 Å². The summed E-state index contributed by atoms with van der Waals surface area (Å²) >= 11 is 1.34. The van der Waals surface area contributed by atoms with Gasteiger partial charge < -0.3 is 14.6 Å². The highest BCUT2D eigenvalue weighted by molar-refractivity contribution is 7.99. The van der Waals surface area contributed by atoms with Gasteiger partial charge in [0.2, 0.25) is 15.9 Å². The molecule has 166 valence electrons. The summed E-state index contributed by atoms with van der Waals surface area (Å²) in [4.78, 5) is 17.2. The van der Waals surface area contributed by atoms with E-state index in [1.807, 2.05) is 18.4 Å². The van der Waals surface area contributed by atoms with E-state index >= 15 is 0 Å². The second-order valence-electron chi connectivity index (χ2n) is 6.66. The van der Waals surface area contributed by atoms with Crippen molar-refractivity contribution in [1.29, 1.82) is 0 Å². The maximum atomic E-state index is 12.7. The Balaban J connectivity index is 2.07. The summed E-state index contributed by atoms with van der Waals surface area (Å²) in [6.45, 7) is 9.52. The van der Waals surface area contributed by atoms with Crippen LogP contribution < -0.4 is 5.32 Å². The molecule has 0 radical (unpaired) electrons. The molecule has 30 heavy (non-hydrogen) atoms. The third-order valence-corrected chi connectivity index (χ3v) is 7.76. The molecule has 1 N–H and O–H groups in total. The number of nitrogens with one attached hydrogen (secondary N) is 1. The quantitative estimate of drug-likeness (QED) is 0.525. The van der Waals surface area contributed by atoms with Gasteiger partial charge >= 0.3 is 0 Å². The van der Waals surface area contributed by atoms with Crippen LogP contribution in [-0.2, 0) is 26.1 Å². The van der Waals surface area contributed by atoms with Gasteiger partial charge in [0, 0.05) is 38.1 Å². The van der Waals surface area contributed by atoms with Crippen molar-refractivity contribution in [2.24, 2.45) is 0 Å². The van der Waals surface area contributed by atoms with Crippen molar-refractivity contribution < 1.29 is 17.9 Å². The van der Waals surface area contributed by atoms with Gasteiger partial charge in [0.25, 0.3) is 0 Å². The molecule has 1 amide bonds. The fraction of sp³-hybridized carbons (Fsp3) is 0.500. The zero-order chi connectivity index (χ0) is 22.3. The summed E-state index contributed by atoms with van der Waals surface area (Å²) in [5.41, 5.74) is 2.41. The Morgan fingerprint density at radius 3 is 2.60 bits per heavy atom. The molecule has 8 nitrogen and oxygen atoms in total. The van der Waals surface area contributed by atoms with Crippen LogP contribution in [-0.4, -0.2) is 60.7 Å². The van der Waals surface area contributed by atoms with E-state index in [-0.39, 0.29) is 16.6 Å². The highest BCUT2D eigenvalue weighted by atomic mass is 32.2. The summed E-state index contributed by atoms with van der Waals surface area (Å²) in [5.74, 6) is -0.0652. The molecule has 0 unspecified atom stereocenters. The zero-order valence-electron chi connectivity index (χ0n) is 18.1. The first kappa shape index (κ1) is 24.4. The van der Waals surface area contributed by atoms with Crippen LogP contribution in [0, 0.1) is 13.8 Å². The zero-order valence-corrected chi connectivity index (χ0v) is 19.8. The molecule has 0 atom stereocenters. The van der Waals surface area contributed by atoms with Gasteiger partial charge in [0.15, 0.2) is 5.16 Å². The molecule has 0 saturated carbocycles. The maximum absolute atomic E-state index is 12.7. The van der Waals surface area contributed by atoms with E-state index < -0.39 is 10.0 Å². The summed E-state index contributed by atoms with van der Waals surface area (Å²) < 4.78 is 33.9. The minimum atomic E-state index is -3.58. The number of hydrogen-bond acceptors (Lipinski definition) is 6. The van der Waals surface area contributed by atoms with Crippen molar-refractivity contribution in [2.45, 2.75) is 44.3 Å². The average molecular weight is 455 g/mol. The number of thioether (sulfide) groups is 1. The molecule has 0 fully saturated rings. The standard InChI is InChI=1S/C20H30N4O4S2/c1-6-23(7-2)30(26,27)18-10-8-9-17(13-18)22-19(25)14-29-20-21-15(3)16(4)24(20)11-12-28-5/h8-10,13H,6-7,11-12,14H2,1-5H3,(H,22,25). The van der Waals surface area contributed by atoms with Gasteiger partial charge in [-0.3, -0.25) is 4.79 Å². The molecule has 0 spiro atoms. The lowest BCUT2D eigenvalue weighted by molar-refractivity contribution is -0.113. The molecule has 0 aliphatic heterocycles. The number of methoxy groups -OCH3 is 1. The van der Waals surface area contributed by atoms with E-state index in [0.717, 1.165) is 16.5 Å². The molecule has 2 rings (SSSR count). The number of benzene rings is 1. The molecule has 0 aliphatic carbocycles. The van der Waals surface area contributed by atoms with E-state index in [9.17, 15) is 13.2 Å². The SMILES string of the molecule is CCN(CC)S(=O)(=O)c1cccc(NC(=O)CSc2nc(C)c(C)n2CCOC)c1. The van der Waals surface area contributed by atoms with Gasteiger partial charge in [-0.15, -0.1) is 0 Å². The first-order valence-electron chi connectivity index (χ1n) is 9.80. The van der Waals surface area contributed by atoms with E-state index in [1.54, 1.807) is 33.1 Å². The number of anilines is 1. The van der Waals surface area contributed by atoms with Crippen LogP contribution in [0.1, 0.15) is 25.2 Å². The van der Waals surface area contributed by atoms with E-state index in [2.05, 4.69) is 10.3 Å². The van der Waals surface area contributed by atoms with Crippen LogP contribution in [0.4, 0.5) is 5.69 Å². The number of carbonyl (C=O) groups is 1. The van der Waals surface area contributed by atoms with Gasteiger partial charge in [-0.1, -0.05) is 31.7 Å². The monoisotopic (exact) mass is 454 g/mol. The number of rotatable bonds is 11. The number of aromatic nitrogens is 2. The van der Waals surface area contributed by atoms with Crippen LogP contribution in [0.2, 0.25) is 0 Å². The lowest BCUT2D eigenvalue weighted by Gasteiger charge is -2.18. The minimum Gasteiger partial charge on any atom is -0.383 e. The van der Waals surface area contributed by atoms with Crippen LogP contribution in [0.15, 0.2) is 34.3 Å². The Labute approximate surface area is 183 Å². The maximum Gasteiger partial charge on any atom is 0.243 e. The molecule has 1 aromatic carbocycles. The van der Waals surface area contributed by atoms with Gasteiger partial charge in [-0.05, 0) is 32.0 Å². The molecular formula is C20H30N4O4S2. The van der Waals surface area contributed by atoms with Crippen molar-refractivity contribution in [3.63, 3.8) is 0 Å². The number of imidazole rings is 1. The molecule has 1 aromatic heterocycles. The van der Waals surface area contributed by atoms with Crippen molar-refractivity contribution in [2.75, 3.05) is 37.9 Å².